The average molecular weight is 319 g/mol. The number of carbonyl (C=O) groups is 1. The zero-order chi connectivity index (χ0) is 15.2. The number of rotatable bonds is 6. The van der Waals surface area contributed by atoms with Gasteiger partial charge in [0.2, 0.25) is 5.91 Å². The number of hydrogen-bond acceptors (Lipinski definition) is 3. The van der Waals surface area contributed by atoms with Crippen molar-refractivity contribution >= 4 is 17.7 Å². The Bertz CT molecular complexity index is 473. The third-order valence-electron chi connectivity index (χ3n) is 4.57. The molecule has 0 aromatic heterocycles. The van der Waals surface area contributed by atoms with Crippen LogP contribution in [0.2, 0.25) is 0 Å². The lowest BCUT2D eigenvalue weighted by Crippen LogP contribution is -2.29. The van der Waals surface area contributed by atoms with E-state index >= 15 is 0 Å². The molecule has 0 radical (unpaired) electrons. The summed E-state index contributed by atoms with van der Waals surface area (Å²) in [5.41, 5.74) is 0. The van der Waals surface area contributed by atoms with Crippen molar-refractivity contribution in [1.29, 1.82) is 0 Å². The lowest BCUT2D eigenvalue weighted by molar-refractivity contribution is -0.130. The van der Waals surface area contributed by atoms with Gasteiger partial charge in [-0.15, -0.1) is 11.8 Å². The molecule has 2 atom stereocenters. The summed E-state index contributed by atoms with van der Waals surface area (Å²) in [6.07, 6.45) is 5.31. The third kappa shape index (κ3) is 4.50. The SMILES string of the molecule is O=C(CC[C@H]1CCCO1)N1CC[C@@H](CSc2ccccc2)C1. The molecule has 0 N–H and O–H groups in total. The van der Waals surface area contributed by atoms with Gasteiger partial charge in [0.1, 0.15) is 0 Å². The lowest BCUT2D eigenvalue weighted by Gasteiger charge is -2.17. The van der Waals surface area contributed by atoms with Crippen LogP contribution in [0.3, 0.4) is 0 Å². The first-order valence-electron chi connectivity index (χ1n) is 8.38. The van der Waals surface area contributed by atoms with Gasteiger partial charge in [0, 0.05) is 36.8 Å². The standard InChI is InChI=1S/C18H25NO2S/c20-18(9-8-16-5-4-12-21-16)19-11-10-15(13-19)14-22-17-6-2-1-3-7-17/h1-3,6-7,15-16H,4-5,8-14H2/t15-,16-/m1/s1. The van der Waals surface area contributed by atoms with Gasteiger partial charge in [0.05, 0.1) is 6.10 Å². The van der Waals surface area contributed by atoms with Gasteiger partial charge in [0.25, 0.3) is 0 Å². The van der Waals surface area contributed by atoms with Crippen molar-refractivity contribution in [2.75, 3.05) is 25.4 Å². The molecule has 3 nitrogen and oxygen atoms in total. The maximum atomic E-state index is 12.3. The number of thioether (sulfide) groups is 1. The van der Waals surface area contributed by atoms with E-state index in [-0.39, 0.29) is 0 Å². The molecule has 4 heteroatoms. The third-order valence-corrected chi connectivity index (χ3v) is 5.82. The Hall–Kier alpha value is -1.00. The Kier molecular flexibility index (Phi) is 5.79. The zero-order valence-corrected chi connectivity index (χ0v) is 13.9. The Balaban J connectivity index is 1.37. The van der Waals surface area contributed by atoms with Crippen LogP contribution in [0.25, 0.3) is 0 Å². The van der Waals surface area contributed by atoms with Gasteiger partial charge in [-0.1, -0.05) is 18.2 Å². The summed E-state index contributed by atoms with van der Waals surface area (Å²) in [5, 5.41) is 0. The highest BCUT2D eigenvalue weighted by Gasteiger charge is 2.27. The van der Waals surface area contributed by atoms with E-state index in [0.717, 1.165) is 51.1 Å². The molecule has 1 amide bonds. The molecule has 1 aromatic rings. The smallest absolute Gasteiger partial charge is 0.222 e. The maximum Gasteiger partial charge on any atom is 0.222 e. The molecule has 2 heterocycles. The predicted octanol–water partition coefficient (Wildman–Crippen LogP) is 3.59. The largest absolute Gasteiger partial charge is 0.378 e. The first kappa shape index (κ1) is 15.9. The number of amides is 1. The molecule has 0 saturated carbocycles. The Morgan fingerprint density at radius 3 is 2.91 bits per heavy atom. The monoisotopic (exact) mass is 319 g/mol. The van der Waals surface area contributed by atoms with Crippen LogP contribution in [0, 0.1) is 5.92 Å². The molecule has 2 fully saturated rings. The maximum absolute atomic E-state index is 12.3. The number of carbonyl (C=O) groups excluding carboxylic acids is 1. The van der Waals surface area contributed by atoms with Crippen LogP contribution in [0.15, 0.2) is 35.2 Å². The minimum Gasteiger partial charge on any atom is -0.378 e. The lowest BCUT2D eigenvalue weighted by atomic mass is 10.1. The van der Waals surface area contributed by atoms with Gasteiger partial charge in [0.15, 0.2) is 0 Å². The Morgan fingerprint density at radius 1 is 1.27 bits per heavy atom. The van der Waals surface area contributed by atoms with E-state index in [9.17, 15) is 4.79 Å². The molecule has 3 rings (SSSR count). The van der Waals surface area contributed by atoms with Crippen LogP contribution >= 0.6 is 11.8 Å². The summed E-state index contributed by atoms with van der Waals surface area (Å²) in [6.45, 7) is 2.75. The molecule has 0 bridgehead atoms. The minimum atomic E-state index is 0.322. The highest BCUT2D eigenvalue weighted by molar-refractivity contribution is 7.99. The molecular weight excluding hydrogens is 294 g/mol. The Morgan fingerprint density at radius 2 is 2.14 bits per heavy atom. The van der Waals surface area contributed by atoms with Gasteiger partial charge in [-0.2, -0.15) is 0 Å². The van der Waals surface area contributed by atoms with E-state index in [0.29, 0.717) is 24.3 Å². The first-order valence-corrected chi connectivity index (χ1v) is 9.37. The van der Waals surface area contributed by atoms with Crippen molar-refractivity contribution in [2.24, 2.45) is 5.92 Å². The van der Waals surface area contributed by atoms with Crippen LogP contribution in [0.5, 0.6) is 0 Å². The van der Waals surface area contributed by atoms with Crippen molar-refractivity contribution in [3.8, 4) is 0 Å². The van der Waals surface area contributed by atoms with Crippen molar-refractivity contribution in [1.82, 2.24) is 4.90 Å². The predicted molar refractivity (Wildman–Crippen MR) is 90.1 cm³/mol. The summed E-state index contributed by atoms with van der Waals surface area (Å²) in [5.74, 6) is 2.07. The van der Waals surface area contributed by atoms with Crippen molar-refractivity contribution in [2.45, 2.75) is 43.1 Å². The Labute approximate surface area is 137 Å². The molecule has 22 heavy (non-hydrogen) atoms. The number of benzene rings is 1. The summed E-state index contributed by atoms with van der Waals surface area (Å²) in [7, 11) is 0. The average Bonchev–Trinajstić information content (AvgIpc) is 3.23. The van der Waals surface area contributed by atoms with Crippen LogP contribution in [-0.4, -0.2) is 42.4 Å². The highest BCUT2D eigenvalue weighted by atomic mass is 32.2. The summed E-state index contributed by atoms with van der Waals surface area (Å²) < 4.78 is 5.60. The molecular formula is C18H25NO2S. The molecule has 1 aromatic carbocycles. The molecule has 2 aliphatic heterocycles. The summed E-state index contributed by atoms with van der Waals surface area (Å²) >= 11 is 1.91. The number of likely N-dealkylation sites (tertiary alicyclic amines) is 1. The second-order valence-corrected chi connectivity index (χ2v) is 7.39. The number of ether oxygens (including phenoxy) is 1. The quantitative estimate of drug-likeness (QED) is 0.751. The molecule has 0 aliphatic carbocycles. The molecule has 0 spiro atoms. The fraction of sp³-hybridized carbons (Fsp3) is 0.611. The fourth-order valence-electron chi connectivity index (χ4n) is 3.24. The zero-order valence-electron chi connectivity index (χ0n) is 13.1. The van der Waals surface area contributed by atoms with Crippen LogP contribution in [0.4, 0.5) is 0 Å². The number of nitrogens with zero attached hydrogens (tertiary/aromatic N) is 1. The van der Waals surface area contributed by atoms with E-state index < -0.39 is 0 Å². The molecule has 120 valence electrons. The highest BCUT2D eigenvalue weighted by Crippen LogP contribution is 2.26. The second kappa shape index (κ2) is 8.02. The van der Waals surface area contributed by atoms with Gasteiger partial charge >= 0.3 is 0 Å². The van der Waals surface area contributed by atoms with Gasteiger partial charge in [-0.3, -0.25) is 4.79 Å². The van der Waals surface area contributed by atoms with Gasteiger partial charge in [-0.25, -0.2) is 0 Å². The molecule has 2 aliphatic rings. The minimum absolute atomic E-state index is 0.322. The van der Waals surface area contributed by atoms with Crippen LogP contribution in [0.1, 0.15) is 32.1 Å². The first-order chi connectivity index (χ1) is 10.8. The van der Waals surface area contributed by atoms with Crippen LogP contribution in [-0.2, 0) is 9.53 Å². The normalized spacial score (nSPS) is 24.8. The van der Waals surface area contributed by atoms with Crippen molar-refractivity contribution in [3.63, 3.8) is 0 Å². The second-order valence-electron chi connectivity index (χ2n) is 6.29. The van der Waals surface area contributed by atoms with E-state index in [1.165, 1.54) is 4.90 Å². The summed E-state index contributed by atoms with van der Waals surface area (Å²) in [6, 6.07) is 10.5. The molecule has 0 unspecified atom stereocenters. The van der Waals surface area contributed by atoms with Crippen LogP contribution < -0.4 is 0 Å². The number of hydrogen-bond donors (Lipinski definition) is 0. The topological polar surface area (TPSA) is 29.5 Å². The van der Waals surface area contributed by atoms with Gasteiger partial charge in [-0.05, 0) is 43.7 Å². The molecule has 2 saturated heterocycles. The van der Waals surface area contributed by atoms with Crippen molar-refractivity contribution in [3.05, 3.63) is 30.3 Å². The van der Waals surface area contributed by atoms with E-state index in [4.69, 9.17) is 4.74 Å². The van der Waals surface area contributed by atoms with Gasteiger partial charge < -0.3 is 9.64 Å². The van der Waals surface area contributed by atoms with E-state index in [2.05, 4.69) is 29.2 Å². The summed E-state index contributed by atoms with van der Waals surface area (Å²) in [4.78, 5) is 15.7. The fourth-order valence-corrected chi connectivity index (χ4v) is 4.29. The van der Waals surface area contributed by atoms with E-state index in [1.54, 1.807) is 0 Å². The van der Waals surface area contributed by atoms with E-state index in [1.807, 2.05) is 17.8 Å². The van der Waals surface area contributed by atoms with Crippen molar-refractivity contribution < 1.29 is 9.53 Å².